The summed E-state index contributed by atoms with van der Waals surface area (Å²) in [6.07, 6.45) is 0. The molecule has 2 aromatic rings. The predicted octanol–water partition coefficient (Wildman–Crippen LogP) is 2.03. The molecule has 0 fully saturated rings. The van der Waals surface area contributed by atoms with Crippen LogP contribution in [0.4, 0.5) is 0 Å². The van der Waals surface area contributed by atoms with E-state index in [-0.39, 0.29) is 6.04 Å². The Kier molecular flexibility index (Phi) is 5.22. The molecule has 108 valence electrons. The van der Waals surface area contributed by atoms with E-state index in [1.165, 1.54) is 0 Å². The van der Waals surface area contributed by atoms with Gasteiger partial charge in [0.15, 0.2) is 5.82 Å². The molecule has 1 atom stereocenters. The number of hydrogen-bond donors (Lipinski definition) is 1. The summed E-state index contributed by atoms with van der Waals surface area (Å²) in [6.45, 7) is 5.48. The van der Waals surface area contributed by atoms with E-state index in [4.69, 9.17) is 4.74 Å². The van der Waals surface area contributed by atoms with Crippen LogP contribution in [0.2, 0.25) is 0 Å². The van der Waals surface area contributed by atoms with Crippen molar-refractivity contribution in [2.45, 2.75) is 19.9 Å². The Morgan fingerprint density at radius 1 is 1.45 bits per heavy atom. The van der Waals surface area contributed by atoms with Gasteiger partial charge in [0.1, 0.15) is 0 Å². The average molecular weight is 340 g/mol. The molecule has 1 heterocycles. The van der Waals surface area contributed by atoms with Gasteiger partial charge in [-0.15, -0.1) is 5.10 Å². The lowest BCUT2D eigenvalue weighted by molar-refractivity contribution is 0.196. The molecule has 0 bridgehead atoms. The highest BCUT2D eigenvalue weighted by Gasteiger charge is 2.16. The fourth-order valence-corrected chi connectivity index (χ4v) is 2.26. The van der Waals surface area contributed by atoms with Crippen molar-refractivity contribution in [1.82, 2.24) is 25.5 Å². The first-order valence-corrected chi connectivity index (χ1v) is 7.20. The number of halogens is 1. The van der Waals surface area contributed by atoms with Gasteiger partial charge >= 0.3 is 0 Å². The molecule has 20 heavy (non-hydrogen) atoms. The summed E-state index contributed by atoms with van der Waals surface area (Å²) in [4.78, 5) is 0. The second-order valence-corrected chi connectivity index (χ2v) is 5.46. The van der Waals surface area contributed by atoms with Crippen LogP contribution in [0.25, 0.3) is 5.69 Å². The summed E-state index contributed by atoms with van der Waals surface area (Å²) in [5, 5.41) is 15.4. The standard InChI is InChI=1S/C13H18BrN5O/c1-9-4-5-11(14)8-12(9)19-13(16-17-18-19)10(2)15-6-7-20-3/h4-5,8,10,15H,6-7H2,1-3H3. The van der Waals surface area contributed by atoms with Crippen molar-refractivity contribution in [2.75, 3.05) is 20.3 Å². The summed E-state index contributed by atoms with van der Waals surface area (Å²) in [6, 6.07) is 6.09. The number of benzene rings is 1. The largest absolute Gasteiger partial charge is 0.383 e. The summed E-state index contributed by atoms with van der Waals surface area (Å²) in [7, 11) is 1.68. The van der Waals surface area contributed by atoms with Crippen molar-refractivity contribution in [3.05, 3.63) is 34.1 Å². The van der Waals surface area contributed by atoms with Crippen LogP contribution in [0.15, 0.2) is 22.7 Å². The Bertz CT molecular complexity index is 572. The number of ether oxygens (including phenoxy) is 1. The Balaban J connectivity index is 2.26. The molecule has 0 spiro atoms. The maximum Gasteiger partial charge on any atom is 0.173 e. The highest BCUT2D eigenvalue weighted by Crippen LogP contribution is 2.21. The van der Waals surface area contributed by atoms with Crippen LogP contribution in [0, 0.1) is 6.92 Å². The van der Waals surface area contributed by atoms with Gasteiger partial charge in [-0.05, 0) is 42.0 Å². The Hall–Kier alpha value is -1.31. The third-order valence-corrected chi connectivity index (χ3v) is 3.53. The van der Waals surface area contributed by atoms with Gasteiger partial charge in [0.05, 0.1) is 18.3 Å². The predicted molar refractivity (Wildman–Crippen MR) is 79.9 cm³/mol. The van der Waals surface area contributed by atoms with E-state index >= 15 is 0 Å². The number of hydrogen-bond acceptors (Lipinski definition) is 5. The van der Waals surface area contributed by atoms with Crippen LogP contribution in [-0.4, -0.2) is 40.5 Å². The van der Waals surface area contributed by atoms with Gasteiger partial charge in [-0.1, -0.05) is 22.0 Å². The molecular weight excluding hydrogens is 322 g/mol. The zero-order valence-electron chi connectivity index (χ0n) is 11.8. The Morgan fingerprint density at radius 2 is 2.25 bits per heavy atom. The lowest BCUT2D eigenvalue weighted by Gasteiger charge is -2.14. The fourth-order valence-electron chi connectivity index (χ4n) is 1.92. The number of nitrogens with zero attached hydrogens (tertiary/aromatic N) is 4. The van der Waals surface area contributed by atoms with Gasteiger partial charge in [0.25, 0.3) is 0 Å². The van der Waals surface area contributed by atoms with E-state index in [1.807, 2.05) is 32.0 Å². The molecule has 0 amide bonds. The van der Waals surface area contributed by atoms with Crippen LogP contribution >= 0.6 is 15.9 Å². The number of methoxy groups -OCH3 is 1. The van der Waals surface area contributed by atoms with Crippen molar-refractivity contribution < 1.29 is 4.74 Å². The van der Waals surface area contributed by atoms with Gasteiger partial charge in [-0.3, -0.25) is 0 Å². The molecule has 0 aliphatic heterocycles. The minimum Gasteiger partial charge on any atom is -0.383 e. The molecule has 0 saturated carbocycles. The molecule has 0 saturated heterocycles. The van der Waals surface area contributed by atoms with Crippen LogP contribution in [0.1, 0.15) is 24.4 Å². The first-order valence-electron chi connectivity index (χ1n) is 6.40. The maximum atomic E-state index is 5.03. The lowest BCUT2D eigenvalue weighted by Crippen LogP contribution is -2.25. The minimum atomic E-state index is 0.0403. The summed E-state index contributed by atoms with van der Waals surface area (Å²) >= 11 is 3.48. The lowest BCUT2D eigenvalue weighted by atomic mass is 10.2. The SMILES string of the molecule is COCCNC(C)c1nnnn1-c1cc(Br)ccc1C. The van der Waals surface area contributed by atoms with Crippen LogP contribution < -0.4 is 5.32 Å². The molecule has 1 unspecified atom stereocenters. The number of aromatic nitrogens is 4. The molecule has 2 rings (SSSR count). The van der Waals surface area contributed by atoms with Gasteiger partial charge in [0.2, 0.25) is 0 Å². The van der Waals surface area contributed by atoms with Crippen molar-refractivity contribution in [1.29, 1.82) is 0 Å². The summed E-state index contributed by atoms with van der Waals surface area (Å²) in [5.41, 5.74) is 2.09. The molecule has 1 aromatic carbocycles. The summed E-state index contributed by atoms with van der Waals surface area (Å²) < 4.78 is 7.80. The monoisotopic (exact) mass is 339 g/mol. The fraction of sp³-hybridized carbons (Fsp3) is 0.462. The molecule has 1 N–H and O–H groups in total. The molecule has 1 aromatic heterocycles. The zero-order chi connectivity index (χ0) is 14.5. The maximum absolute atomic E-state index is 5.03. The highest BCUT2D eigenvalue weighted by molar-refractivity contribution is 9.10. The van der Waals surface area contributed by atoms with Crippen molar-refractivity contribution >= 4 is 15.9 Å². The first-order chi connectivity index (χ1) is 9.63. The van der Waals surface area contributed by atoms with E-state index in [9.17, 15) is 0 Å². The number of rotatable bonds is 6. The van der Waals surface area contributed by atoms with Gasteiger partial charge in [0, 0.05) is 18.1 Å². The first kappa shape index (κ1) is 15.1. The molecule has 0 radical (unpaired) electrons. The van der Waals surface area contributed by atoms with E-state index in [0.717, 1.165) is 28.1 Å². The second-order valence-electron chi connectivity index (χ2n) is 4.55. The quantitative estimate of drug-likeness (QED) is 0.815. The Labute approximate surface area is 126 Å². The van der Waals surface area contributed by atoms with Crippen molar-refractivity contribution in [2.24, 2.45) is 0 Å². The molecule has 7 heteroatoms. The van der Waals surface area contributed by atoms with Gasteiger partial charge < -0.3 is 10.1 Å². The molecular formula is C13H18BrN5O. The molecule has 0 aliphatic rings. The van der Waals surface area contributed by atoms with E-state index in [1.54, 1.807) is 11.8 Å². The van der Waals surface area contributed by atoms with Crippen LogP contribution in [-0.2, 0) is 4.74 Å². The highest BCUT2D eigenvalue weighted by atomic mass is 79.9. The van der Waals surface area contributed by atoms with E-state index in [2.05, 4.69) is 36.8 Å². The van der Waals surface area contributed by atoms with Gasteiger partial charge in [-0.25, -0.2) is 0 Å². The third-order valence-electron chi connectivity index (χ3n) is 3.04. The third kappa shape index (κ3) is 3.41. The van der Waals surface area contributed by atoms with Crippen LogP contribution in [0.5, 0.6) is 0 Å². The normalized spacial score (nSPS) is 12.6. The van der Waals surface area contributed by atoms with Crippen molar-refractivity contribution in [3.63, 3.8) is 0 Å². The topological polar surface area (TPSA) is 64.9 Å². The number of aryl methyl sites for hydroxylation is 1. The zero-order valence-corrected chi connectivity index (χ0v) is 13.4. The smallest absolute Gasteiger partial charge is 0.173 e. The van der Waals surface area contributed by atoms with Crippen LogP contribution in [0.3, 0.4) is 0 Å². The number of tetrazole rings is 1. The Morgan fingerprint density at radius 3 is 3.00 bits per heavy atom. The van der Waals surface area contributed by atoms with Crippen molar-refractivity contribution in [3.8, 4) is 5.69 Å². The second kappa shape index (κ2) is 6.92. The minimum absolute atomic E-state index is 0.0403. The molecule has 0 aliphatic carbocycles. The van der Waals surface area contributed by atoms with E-state index in [0.29, 0.717) is 6.61 Å². The average Bonchev–Trinajstić information content (AvgIpc) is 2.91. The molecule has 6 nitrogen and oxygen atoms in total. The number of nitrogens with one attached hydrogen (secondary N) is 1. The van der Waals surface area contributed by atoms with E-state index < -0.39 is 0 Å². The van der Waals surface area contributed by atoms with Gasteiger partial charge in [-0.2, -0.15) is 4.68 Å². The summed E-state index contributed by atoms with van der Waals surface area (Å²) in [5.74, 6) is 0.780.